The summed E-state index contributed by atoms with van der Waals surface area (Å²) in [6.07, 6.45) is 13.1. The zero-order valence-electron chi connectivity index (χ0n) is 21.0. The first-order chi connectivity index (χ1) is 14.5. The van der Waals surface area contributed by atoms with Crippen molar-refractivity contribution in [2.45, 2.75) is 111 Å². The van der Waals surface area contributed by atoms with Crippen LogP contribution in [-0.4, -0.2) is 21.9 Å². The van der Waals surface area contributed by atoms with E-state index in [0.29, 0.717) is 10.8 Å². The zero-order chi connectivity index (χ0) is 22.3. The molecule has 0 aromatic rings. The minimum absolute atomic E-state index is 0.0989. The molecule has 0 bridgehead atoms. The summed E-state index contributed by atoms with van der Waals surface area (Å²) in [6, 6.07) is 0. The molecule has 2 N–H and O–H groups in total. The molecule has 5 aliphatic carbocycles. The van der Waals surface area contributed by atoms with Gasteiger partial charge in [0.15, 0.2) is 0 Å². The first kappa shape index (κ1) is 22.5. The fourth-order valence-corrected chi connectivity index (χ4v) is 10.2. The van der Waals surface area contributed by atoms with Crippen molar-refractivity contribution in [1.29, 1.82) is 0 Å². The van der Waals surface area contributed by atoms with Crippen LogP contribution in [0, 0.1) is 58.2 Å². The Bertz CT molecular complexity index is 734. The average Bonchev–Trinajstić information content (AvgIpc) is 3.18. The lowest BCUT2D eigenvalue weighted by atomic mass is 9.45. The molecule has 176 valence electrons. The molecule has 0 spiro atoms. The third-order valence-electron chi connectivity index (χ3n) is 11.5. The number of hydrogen-bond donors (Lipinski definition) is 2. The van der Waals surface area contributed by atoms with Gasteiger partial charge in [0, 0.05) is 0 Å². The molecule has 5 rings (SSSR count). The van der Waals surface area contributed by atoms with Crippen LogP contribution < -0.4 is 0 Å². The number of rotatable bonds is 5. The van der Waals surface area contributed by atoms with Crippen LogP contribution in [0.15, 0.2) is 11.6 Å². The van der Waals surface area contributed by atoms with Gasteiger partial charge in [-0.05, 0) is 117 Å². The van der Waals surface area contributed by atoms with E-state index < -0.39 is 5.60 Å². The third-order valence-corrected chi connectivity index (χ3v) is 11.5. The Morgan fingerprint density at radius 2 is 1.90 bits per heavy atom. The van der Waals surface area contributed by atoms with Crippen LogP contribution in [0.3, 0.4) is 0 Å². The lowest BCUT2D eigenvalue weighted by molar-refractivity contribution is -0.0771. The number of aliphatic hydroxyl groups is 2. The van der Waals surface area contributed by atoms with E-state index in [9.17, 15) is 10.2 Å². The summed E-state index contributed by atoms with van der Waals surface area (Å²) < 4.78 is 0. The van der Waals surface area contributed by atoms with Gasteiger partial charge in [-0.15, -0.1) is 0 Å². The lowest BCUT2D eigenvalue weighted by Gasteiger charge is -2.59. The highest BCUT2D eigenvalue weighted by Gasteiger charge is 2.73. The number of aliphatic hydroxyl groups excluding tert-OH is 1. The molecule has 4 fully saturated rings. The summed E-state index contributed by atoms with van der Waals surface area (Å²) in [4.78, 5) is 0. The SMILES string of the molecule is CC(CCCC(C)(C)O)C1C2C(C)C2C2C3CC=C4CC(O)CCC4(C)C3CCC12C. The Labute approximate surface area is 191 Å². The molecular formula is C29H48O2. The summed E-state index contributed by atoms with van der Waals surface area (Å²) in [5, 5.41) is 20.5. The van der Waals surface area contributed by atoms with Crippen molar-refractivity contribution in [3.05, 3.63) is 11.6 Å². The number of fused-ring (bicyclic) bond motifs is 7. The van der Waals surface area contributed by atoms with E-state index in [1.807, 2.05) is 13.8 Å². The highest BCUT2D eigenvalue weighted by molar-refractivity contribution is 5.28. The maximum atomic E-state index is 10.3. The molecule has 2 heteroatoms. The maximum absolute atomic E-state index is 10.3. The Morgan fingerprint density at radius 1 is 1.16 bits per heavy atom. The van der Waals surface area contributed by atoms with Gasteiger partial charge in [0.2, 0.25) is 0 Å². The van der Waals surface area contributed by atoms with Crippen molar-refractivity contribution in [3.8, 4) is 0 Å². The number of hydrogen-bond acceptors (Lipinski definition) is 2. The number of allylic oxidation sites excluding steroid dienone is 1. The molecule has 0 aromatic carbocycles. The minimum atomic E-state index is -0.523. The highest BCUT2D eigenvalue weighted by atomic mass is 16.3. The molecule has 0 aromatic heterocycles. The van der Waals surface area contributed by atoms with Crippen molar-refractivity contribution in [2.75, 3.05) is 0 Å². The first-order valence-corrected chi connectivity index (χ1v) is 13.6. The van der Waals surface area contributed by atoms with Gasteiger partial charge in [-0.3, -0.25) is 0 Å². The van der Waals surface area contributed by atoms with E-state index in [1.54, 1.807) is 5.57 Å². The molecule has 0 saturated heterocycles. The van der Waals surface area contributed by atoms with E-state index in [1.165, 1.54) is 32.1 Å². The fourth-order valence-electron chi connectivity index (χ4n) is 10.2. The van der Waals surface area contributed by atoms with Gasteiger partial charge in [0.05, 0.1) is 11.7 Å². The van der Waals surface area contributed by atoms with Crippen molar-refractivity contribution in [3.63, 3.8) is 0 Å². The van der Waals surface area contributed by atoms with Crippen LogP contribution in [0.4, 0.5) is 0 Å². The molecule has 0 amide bonds. The van der Waals surface area contributed by atoms with Crippen LogP contribution >= 0.6 is 0 Å². The largest absolute Gasteiger partial charge is 0.393 e. The average molecular weight is 429 g/mol. The molecule has 5 aliphatic rings. The quantitative estimate of drug-likeness (QED) is 0.484. The third kappa shape index (κ3) is 3.40. The Kier molecular flexibility index (Phi) is 5.31. The molecule has 0 aliphatic heterocycles. The first-order valence-electron chi connectivity index (χ1n) is 13.6. The molecular weight excluding hydrogens is 380 g/mol. The van der Waals surface area contributed by atoms with Crippen LogP contribution in [0.5, 0.6) is 0 Å². The second-order valence-electron chi connectivity index (χ2n) is 13.8. The van der Waals surface area contributed by atoms with Crippen LogP contribution in [0.25, 0.3) is 0 Å². The van der Waals surface area contributed by atoms with E-state index in [4.69, 9.17) is 0 Å². The van der Waals surface area contributed by atoms with Gasteiger partial charge in [0.25, 0.3) is 0 Å². The Morgan fingerprint density at radius 3 is 2.61 bits per heavy atom. The Balaban J connectivity index is 1.38. The van der Waals surface area contributed by atoms with Crippen molar-refractivity contribution in [2.24, 2.45) is 58.2 Å². The zero-order valence-corrected chi connectivity index (χ0v) is 21.0. The van der Waals surface area contributed by atoms with E-state index in [0.717, 1.165) is 73.0 Å². The van der Waals surface area contributed by atoms with Gasteiger partial charge in [-0.2, -0.15) is 0 Å². The normalized spacial score (nSPS) is 51.8. The molecule has 4 saturated carbocycles. The molecule has 31 heavy (non-hydrogen) atoms. The minimum Gasteiger partial charge on any atom is -0.393 e. The summed E-state index contributed by atoms with van der Waals surface area (Å²) in [5.74, 6) is 7.13. The van der Waals surface area contributed by atoms with E-state index in [-0.39, 0.29) is 6.10 Å². The molecule has 0 radical (unpaired) electrons. The molecule has 11 unspecified atom stereocenters. The second kappa shape index (κ2) is 7.33. The van der Waals surface area contributed by atoms with Gasteiger partial charge < -0.3 is 10.2 Å². The smallest absolute Gasteiger partial charge is 0.0591 e. The fraction of sp³-hybridized carbons (Fsp3) is 0.931. The van der Waals surface area contributed by atoms with Gasteiger partial charge in [0.1, 0.15) is 0 Å². The van der Waals surface area contributed by atoms with Crippen LogP contribution in [0.2, 0.25) is 0 Å². The summed E-state index contributed by atoms with van der Waals surface area (Å²) in [7, 11) is 0. The topological polar surface area (TPSA) is 40.5 Å². The van der Waals surface area contributed by atoms with E-state index in [2.05, 4.69) is 33.8 Å². The van der Waals surface area contributed by atoms with E-state index >= 15 is 0 Å². The summed E-state index contributed by atoms with van der Waals surface area (Å²) in [6.45, 7) is 14.3. The molecule has 0 heterocycles. The van der Waals surface area contributed by atoms with Gasteiger partial charge in [-0.1, -0.05) is 52.2 Å². The highest BCUT2D eigenvalue weighted by Crippen LogP contribution is 2.78. The maximum Gasteiger partial charge on any atom is 0.0591 e. The Hall–Kier alpha value is -0.340. The summed E-state index contributed by atoms with van der Waals surface area (Å²) >= 11 is 0. The van der Waals surface area contributed by atoms with Gasteiger partial charge in [-0.25, -0.2) is 0 Å². The summed E-state index contributed by atoms with van der Waals surface area (Å²) in [5.41, 5.74) is 1.96. The predicted molar refractivity (Wildman–Crippen MR) is 127 cm³/mol. The molecule has 2 nitrogen and oxygen atoms in total. The predicted octanol–water partition coefficient (Wildman–Crippen LogP) is 6.61. The monoisotopic (exact) mass is 428 g/mol. The van der Waals surface area contributed by atoms with Crippen molar-refractivity contribution >= 4 is 0 Å². The van der Waals surface area contributed by atoms with Crippen LogP contribution in [-0.2, 0) is 0 Å². The lowest BCUT2D eigenvalue weighted by Crippen LogP contribution is -2.52. The van der Waals surface area contributed by atoms with Crippen LogP contribution in [0.1, 0.15) is 99.3 Å². The van der Waals surface area contributed by atoms with Crippen molar-refractivity contribution < 1.29 is 10.2 Å². The standard InChI is InChI=1S/C29H48O2/c1-17(8-7-13-27(3,4)31)25-23-18(2)24(23)26-21-10-9-19-16-20(30)11-14-28(19,5)22(21)12-15-29(25,26)6/h9,17-18,20-26,30-31H,7-8,10-16H2,1-6H3. The molecule has 11 atom stereocenters. The van der Waals surface area contributed by atoms with Crippen molar-refractivity contribution in [1.82, 2.24) is 0 Å². The van der Waals surface area contributed by atoms with Gasteiger partial charge >= 0.3 is 0 Å². The second-order valence-corrected chi connectivity index (χ2v) is 13.8.